The third-order valence-corrected chi connectivity index (χ3v) is 5.25. The van der Waals surface area contributed by atoms with Crippen LogP contribution in [0.4, 0.5) is 9.93 Å². The van der Waals surface area contributed by atoms with Crippen molar-refractivity contribution < 1.29 is 9.53 Å². The van der Waals surface area contributed by atoms with Crippen LogP contribution in [0.1, 0.15) is 34.4 Å². The number of hydrogen-bond donors (Lipinski definition) is 2. The Balaban J connectivity index is 1.57. The van der Waals surface area contributed by atoms with Crippen molar-refractivity contribution in [3.63, 3.8) is 0 Å². The zero-order valence-corrected chi connectivity index (χ0v) is 15.3. The lowest BCUT2D eigenvalue weighted by Gasteiger charge is -2.14. The van der Waals surface area contributed by atoms with Gasteiger partial charge in [-0.1, -0.05) is 11.3 Å². The summed E-state index contributed by atoms with van der Waals surface area (Å²) in [4.78, 5) is 17.8. The number of aromatic nitrogens is 3. The van der Waals surface area contributed by atoms with E-state index in [-0.39, 0.29) is 12.1 Å². The normalized spacial score (nSPS) is 15.0. The Hall–Kier alpha value is -1.93. The Labute approximate surface area is 145 Å². The number of hydrogen-bond acceptors (Lipinski definition) is 5. The lowest BCUT2D eigenvalue weighted by Crippen LogP contribution is -2.37. The number of carbonyl (C=O) groups is 1. The van der Waals surface area contributed by atoms with E-state index in [4.69, 9.17) is 4.74 Å². The number of ether oxygens (including phenoxy) is 1. The van der Waals surface area contributed by atoms with Gasteiger partial charge in [-0.3, -0.25) is 10.00 Å². The maximum atomic E-state index is 12.2. The summed E-state index contributed by atoms with van der Waals surface area (Å²) in [6.45, 7) is 7.32. The number of fused-ring (bicyclic) bond motifs is 1. The molecule has 8 heteroatoms. The second kappa shape index (κ2) is 6.90. The molecule has 0 aliphatic carbocycles. The van der Waals surface area contributed by atoms with E-state index in [0.29, 0.717) is 18.3 Å². The van der Waals surface area contributed by atoms with Crippen LogP contribution >= 0.6 is 11.3 Å². The summed E-state index contributed by atoms with van der Waals surface area (Å²) in [5.41, 5.74) is 4.37. The van der Waals surface area contributed by atoms with Crippen LogP contribution < -0.4 is 10.6 Å². The number of rotatable bonds is 4. The molecular formula is C16H23N5O2S. The minimum atomic E-state index is -0.228. The van der Waals surface area contributed by atoms with Crippen molar-refractivity contribution in [2.45, 2.75) is 46.3 Å². The Morgan fingerprint density at radius 1 is 1.46 bits per heavy atom. The fourth-order valence-electron chi connectivity index (χ4n) is 2.91. The van der Waals surface area contributed by atoms with E-state index >= 15 is 0 Å². The molecule has 0 radical (unpaired) electrons. The predicted molar refractivity (Wildman–Crippen MR) is 93.5 cm³/mol. The minimum absolute atomic E-state index is 0.00419. The SMILES string of the molecule is Cc1nn(C)c(C)c1CC(C)NC(=O)Nc1nc2c(s1)COCC2. The summed E-state index contributed by atoms with van der Waals surface area (Å²) in [5, 5.41) is 10.8. The molecule has 0 bridgehead atoms. The summed E-state index contributed by atoms with van der Waals surface area (Å²) in [6.07, 6.45) is 1.56. The Kier molecular flexibility index (Phi) is 4.86. The average molecular weight is 349 g/mol. The van der Waals surface area contributed by atoms with Crippen LogP contribution in [0.3, 0.4) is 0 Å². The van der Waals surface area contributed by atoms with E-state index < -0.39 is 0 Å². The molecule has 2 aromatic rings. The van der Waals surface area contributed by atoms with E-state index in [1.807, 2.05) is 32.5 Å². The molecule has 130 valence electrons. The molecule has 0 saturated carbocycles. The molecule has 2 aromatic heterocycles. The van der Waals surface area contributed by atoms with Gasteiger partial charge >= 0.3 is 6.03 Å². The Morgan fingerprint density at radius 3 is 2.92 bits per heavy atom. The van der Waals surface area contributed by atoms with Gasteiger partial charge in [-0.2, -0.15) is 5.10 Å². The Bertz CT molecular complexity index is 728. The molecule has 0 spiro atoms. The molecule has 3 heterocycles. The first-order valence-corrected chi connectivity index (χ1v) is 8.88. The standard InChI is InChI=1S/C16H23N5O2S/c1-9(7-12-10(2)20-21(4)11(12)3)17-15(22)19-16-18-13-5-6-23-8-14(13)24-16/h9H,5-8H2,1-4H3,(H2,17,18,19,22). The topological polar surface area (TPSA) is 81.1 Å². The van der Waals surface area contributed by atoms with Gasteiger partial charge in [-0.05, 0) is 32.8 Å². The summed E-state index contributed by atoms with van der Waals surface area (Å²) < 4.78 is 7.28. The average Bonchev–Trinajstić information content (AvgIpc) is 3.02. The van der Waals surface area contributed by atoms with E-state index in [2.05, 4.69) is 20.7 Å². The molecule has 24 heavy (non-hydrogen) atoms. The largest absolute Gasteiger partial charge is 0.375 e. The van der Waals surface area contributed by atoms with Gasteiger partial charge in [0.15, 0.2) is 5.13 Å². The number of amides is 2. The van der Waals surface area contributed by atoms with Crippen molar-refractivity contribution in [3.8, 4) is 0 Å². The first-order chi connectivity index (χ1) is 11.4. The monoisotopic (exact) mass is 349 g/mol. The third kappa shape index (κ3) is 3.59. The summed E-state index contributed by atoms with van der Waals surface area (Å²) in [5.74, 6) is 0. The second-order valence-electron chi connectivity index (χ2n) is 6.17. The fraction of sp³-hybridized carbons (Fsp3) is 0.562. The van der Waals surface area contributed by atoms with Gasteiger partial charge in [0.2, 0.25) is 0 Å². The number of thiazole rings is 1. The van der Waals surface area contributed by atoms with Crippen LogP contribution in [0.15, 0.2) is 0 Å². The number of anilines is 1. The van der Waals surface area contributed by atoms with Gasteiger partial charge in [-0.15, -0.1) is 0 Å². The molecule has 2 amide bonds. The Morgan fingerprint density at radius 2 is 2.25 bits per heavy atom. The molecular weight excluding hydrogens is 326 g/mol. The molecule has 0 saturated heterocycles. The van der Waals surface area contributed by atoms with Crippen molar-refractivity contribution in [2.24, 2.45) is 7.05 Å². The molecule has 0 fully saturated rings. The van der Waals surface area contributed by atoms with Crippen molar-refractivity contribution in [1.29, 1.82) is 0 Å². The number of carbonyl (C=O) groups excluding carboxylic acids is 1. The second-order valence-corrected chi connectivity index (χ2v) is 7.25. The number of nitrogens with one attached hydrogen (secondary N) is 2. The summed E-state index contributed by atoms with van der Waals surface area (Å²) in [6, 6.07) is -0.224. The highest BCUT2D eigenvalue weighted by atomic mass is 32.1. The zero-order chi connectivity index (χ0) is 17.3. The molecule has 7 nitrogen and oxygen atoms in total. The number of aryl methyl sites for hydroxylation is 2. The lowest BCUT2D eigenvalue weighted by atomic mass is 10.1. The van der Waals surface area contributed by atoms with Gasteiger partial charge < -0.3 is 10.1 Å². The number of nitrogens with zero attached hydrogens (tertiary/aromatic N) is 3. The molecule has 3 rings (SSSR count). The molecule has 0 aromatic carbocycles. The van der Waals surface area contributed by atoms with Gasteiger partial charge in [0.25, 0.3) is 0 Å². The van der Waals surface area contributed by atoms with Crippen LogP contribution in [0.2, 0.25) is 0 Å². The van der Waals surface area contributed by atoms with E-state index in [1.54, 1.807) is 0 Å². The van der Waals surface area contributed by atoms with Crippen LogP contribution in [0.5, 0.6) is 0 Å². The van der Waals surface area contributed by atoms with E-state index in [0.717, 1.165) is 34.8 Å². The molecule has 2 N–H and O–H groups in total. The highest BCUT2D eigenvalue weighted by Gasteiger charge is 2.18. The van der Waals surface area contributed by atoms with E-state index in [1.165, 1.54) is 16.9 Å². The quantitative estimate of drug-likeness (QED) is 0.888. The van der Waals surface area contributed by atoms with Crippen molar-refractivity contribution in [3.05, 3.63) is 27.5 Å². The lowest BCUT2D eigenvalue weighted by molar-refractivity contribution is 0.112. The minimum Gasteiger partial charge on any atom is -0.375 e. The van der Waals surface area contributed by atoms with Gasteiger partial charge in [-0.25, -0.2) is 9.78 Å². The predicted octanol–water partition coefficient (Wildman–Crippen LogP) is 2.32. The van der Waals surface area contributed by atoms with Gasteiger partial charge in [0, 0.05) is 25.2 Å². The van der Waals surface area contributed by atoms with Crippen LogP contribution in [0.25, 0.3) is 0 Å². The maximum Gasteiger partial charge on any atom is 0.321 e. The number of urea groups is 1. The van der Waals surface area contributed by atoms with E-state index in [9.17, 15) is 4.79 Å². The fourth-order valence-corrected chi connectivity index (χ4v) is 3.85. The smallest absolute Gasteiger partial charge is 0.321 e. The van der Waals surface area contributed by atoms with Crippen molar-refractivity contribution >= 4 is 22.5 Å². The molecule has 1 unspecified atom stereocenters. The van der Waals surface area contributed by atoms with Crippen molar-refractivity contribution in [1.82, 2.24) is 20.1 Å². The first-order valence-electron chi connectivity index (χ1n) is 8.07. The highest BCUT2D eigenvalue weighted by Crippen LogP contribution is 2.26. The molecule has 1 aliphatic rings. The molecule has 1 aliphatic heterocycles. The molecule has 1 atom stereocenters. The van der Waals surface area contributed by atoms with Crippen LogP contribution in [-0.4, -0.2) is 33.4 Å². The van der Waals surface area contributed by atoms with Crippen LogP contribution in [0, 0.1) is 13.8 Å². The maximum absolute atomic E-state index is 12.2. The zero-order valence-electron chi connectivity index (χ0n) is 14.5. The first kappa shape index (κ1) is 16.9. The van der Waals surface area contributed by atoms with Crippen LogP contribution in [-0.2, 0) is 31.2 Å². The highest BCUT2D eigenvalue weighted by molar-refractivity contribution is 7.15. The summed E-state index contributed by atoms with van der Waals surface area (Å²) >= 11 is 1.48. The third-order valence-electron chi connectivity index (χ3n) is 4.26. The van der Waals surface area contributed by atoms with Gasteiger partial charge in [0.05, 0.1) is 29.5 Å². The summed E-state index contributed by atoms with van der Waals surface area (Å²) in [7, 11) is 1.94. The van der Waals surface area contributed by atoms with Gasteiger partial charge in [0.1, 0.15) is 0 Å². The van der Waals surface area contributed by atoms with Crippen molar-refractivity contribution in [2.75, 3.05) is 11.9 Å².